The summed E-state index contributed by atoms with van der Waals surface area (Å²) in [6, 6.07) is 6.47. The number of aromatic nitrogens is 2. The Kier molecular flexibility index (Phi) is 5.44. The maximum absolute atomic E-state index is 13.1. The van der Waals surface area contributed by atoms with Crippen molar-refractivity contribution >= 4 is 26.6 Å². The minimum atomic E-state index is -3.58. The quantitative estimate of drug-likeness (QED) is 0.648. The Bertz CT molecular complexity index is 1010. The van der Waals surface area contributed by atoms with Gasteiger partial charge in [-0.1, -0.05) is 12.1 Å². The van der Waals surface area contributed by atoms with E-state index in [0.29, 0.717) is 12.1 Å². The lowest BCUT2D eigenvalue weighted by Crippen LogP contribution is -2.51. The minimum Gasteiger partial charge on any atom is -0.412 e. The van der Waals surface area contributed by atoms with Gasteiger partial charge in [-0.3, -0.25) is 14.5 Å². The second-order valence-corrected chi connectivity index (χ2v) is 8.07. The van der Waals surface area contributed by atoms with Gasteiger partial charge < -0.3 is 14.3 Å². The van der Waals surface area contributed by atoms with E-state index >= 15 is 0 Å². The topological polar surface area (TPSA) is 117 Å². The van der Waals surface area contributed by atoms with Gasteiger partial charge in [-0.15, -0.1) is 4.73 Å². The molecule has 1 saturated heterocycles. The zero-order valence-electron chi connectivity index (χ0n) is 14.8. The van der Waals surface area contributed by atoms with Gasteiger partial charge >= 0.3 is 0 Å². The van der Waals surface area contributed by atoms with Gasteiger partial charge in [-0.2, -0.15) is 0 Å². The van der Waals surface area contributed by atoms with Crippen molar-refractivity contribution in [3.05, 3.63) is 40.4 Å². The lowest BCUT2D eigenvalue weighted by atomic mass is 10.2. The van der Waals surface area contributed by atoms with E-state index in [1.807, 2.05) is 0 Å². The highest BCUT2D eigenvalue weighted by molar-refractivity contribution is 7.90. The summed E-state index contributed by atoms with van der Waals surface area (Å²) in [6.07, 6.45) is 0.0726. The summed E-state index contributed by atoms with van der Waals surface area (Å²) in [6.45, 7) is 0.556. The lowest BCUT2D eigenvalue weighted by molar-refractivity contribution is -0.138. The second-order valence-electron chi connectivity index (χ2n) is 5.96. The molecule has 10 nitrogen and oxygen atoms in total. The van der Waals surface area contributed by atoms with Gasteiger partial charge in [0.15, 0.2) is 16.1 Å². The zero-order chi connectivity index (χ0) is 19.6. The summed E-state index contributed by atoms with van der Waals surface area (Å²) in [5.74, 6) is -1.79. The first-order valence-electron chi connectivity index (χ1n) is 8.06. The van der Waals surface area contributed by atoms with Gasteiger partial charge in [0.2, 0.25) is 5.82 Å². The van der Waals surface area contributed by atoms with Crippen molar-refractivity contribution in [2.75, 3.05) is 39.1 Å². The van der Waals surface area contributed by atoms with Crippen molar-refractivity contribution in [1.82, 2.24) is 14.6 Å². The fourth-order valence-corrected chi connectivity index (χ4v) is 3.52. The molecule has 146 valence electrons. The van der Waals surface area contributed by atoms with Crippen LogP contribution < -0.4 is 10.4 Å². The molecule has 2 heterocycles. The number of hydrogen-bond donors (Lipinski definition) is 0. The number of rotatable bonds is 5. The van der Waals surface area contributed by atoms with Crippen LogP contribution in [0.2, 0.25) is 0 Å². The molecule has 1 aromatic heterocycles. The summed E-state index contributed by atoms with van der Waals surface area (Å²) in [4.78, 5) is 36.0. The third-order valence-corrected chi connectivity index (χ3v) is 4.64. The van der Waals surface area contributed by atoms with Gasteiger partial charge in [0.1, 0.15) is 13.0 Å². The molecule has 0 N–H and O–H groups in total. The first-order valence-corrected chi connectivity index (χ1v) is 10.1. The van der Waals surface area contributed by atoms with Crippen LogP contribution >= 0.6 is 0 Å². The van der Waals surface area contributed by atoms with Crippen LogP contribution in [0.4, 0.5) is 0 Å². The molecular weight excluding hydrogens is 378 g/mol. The number of sulfone groups is 1. The Hall–Kier alpha value is -2.50. The highest BCUT2D eigenvalue weighted by Gasteiger charge is 2.33. The van der Waals surface area contributed by atoms with Crippen LogP contribution in [-0.4, -0.2) is 74.2 Å². The summed E-state index contributed by atoms with van der Waals surface area (Å²) < 4.78 is 35.2. The molecular formula is C16H19N3O7S. The Morgan fingerprint density at radius 3 is 2.74 bits per heavy atom. The average molecular weight is 397 g/mol. The van der Waals surface area contributed by atoms with Gasteiger partial charge in [0.05, 0.1) is 30.7 Å². The van der Waals surface area contributed by atoms with Crippen LogP contribution in [0.5, 0.6) is 0 Å². The van der Waals surface area contributed by atoms with E-state index in [-0.39, 0.29) is 24.4 Å². The van der Waals surface area contributed by atoms with Crippen LogP contribution in [-0.2, 0) is 19.3 Å². The minimum absolute atomic E-state index is 0.00601. The summed E-state index contributed by atoms with van der Waals surface area (Å²) in [5.41, 5.74) is -0.286. The molecule has 1 atom stereocenters. The molecule has 27 heavy (non-hydrogen) atoms. The number of amides is 1. The zero-order valence-corrected chi connectivity index (χ0v) is 15.6. The molecule has 1 aliphatic rings. The molecule has 1 amide bonds. The molecule has 1 unspecified atom stereocenters. The number of fused-ring (bicyclic) bond motifs is 1. The van der Waals surface area contributed by atoms with E-state index in [0.717, 1.165) is 15.9 Å². The number of para-hydroxylation sites is 1. The number of carbonyl (C=O) groups is 1. The van der Waals surface area contributed by atoms with Gasteiger partial charge in [0, 0.05) is 6.26 Å². The molecule has 0 radical (unpaired) electrons. The van der Waals surface area contributed by atoms with Gasteiger partial charge in [0.25, 0.3) is 11.5 Å². The van der Waals surface area contributed by atoms with Crippen LogP contribution in [0.25, 0.3) is 10.9 Å². The van der Waals surface area contributed by atoms with Gasteiger partial charge in [-0.05, 0) is 12.1 Å². The summed E-state index contributed by atoms with van der Waals surface area (Å²) in [5, 5.41) is 0.266. The lowest BCUT2D eigenvalue weighted by Gasteiger charge is -2.33. The van der Waals surface area contributed by atoms with Crippen LogP contribution in [0.1, 0.15) is 10.6 Å². The Labute approximate surface area is 155 Å². The van der Waals surface area contributed by atoms with E-state index in [4.69, 9.17) is 14.3 Å². The standard InChI is InChI=1S/C16H19N3O7S/c1-24-19-14(17-12-6-4-3-5-11(12)15(19)20)16(21)18(10-27(2,22)23)13-9-25-7-8-26-13/h3-6,13H,7-10H2,1-2H3. The van der Waals surface area contributed by atoms with Gasteiger partial charge in [-0.25, -0.2) is 13.4 Å². The maximum Gasteiger partial charge on any atom is 0.296 e. The second kappa shape index (κ2) is 7.62. The number of ether oxygens (including phenoxy) is 2. The molecule has 1 aliphatic heterocycles. The third-order valence-electron chi connectivity index (χ3n) is 3.89. The summed E-state index contributed by atoms with van der Waals surface area (Å²) in [7, 11) is -2.37. The van der Waals surface area contributed by atoms with Crippen molar-refractivity contribution in [1.29, 1.82) is 0 Å². The van der Waals surface area contributed by atoms with Crippen LogP contribution in [0.15, 0.2) is 29.1 Å². The molecule has 2 aromatic rings. The molecule has 1 fully saturated rings. The number of benzene rings is 1. The monoisotopic (exact) mass is 397 g/mol. The molecule has 3 rings (SSSR count). The van der Waals surface area contributed by atoms with Crippen LogP contribution in [0.3, 0.4) is 0 Å². The van der Waals surface area contributed by atoms with Crippen molar-refractivity contribution < 1.29 is 27.5 Å². The maximum atomic E-state index is 13.1. The predicted octanol–water partition coefficient (Wildman–Crippen LogP) is -0.728. The highest BCUT2D eigenvalue weighted by atomic mass is 32.2. The van der Waals surface area contributed by atoms with E-state index in [1.165, 1.54) is 7.11 Å². The van der Waals surface area contributed by atoms with E-state index in [9.17, 15) is 18.0 Å². The number of carbonyl (C=O) groups excluding carboxylic acids is 1. The Balaban J connectivity index is 2.11. The first kappa shape index (κ1) is 19.3. The predicted molar refractivity (Wildman–Crippen MR) is 94.9 cm³/mol. The first-order chi connectivity index (χ1) is 12.8. The molecule has 0 bridgehead atoms. The molecule has 0 spiro atoms. The van der Waals surface area contributed by atoms with E-state index in [1.54, 1.807) is 24.3 Å². The van der Waals surface area contributed by atoms with E-state index in [2.05, 4.69) is 4.98 Å². The smallest absolute Gasteiger partial charge is 0.296 e. The number of hydrogen-bond acceptors (Lipinski definition) is 8. The largest absolute Gasteiger partial charge is 0.412 e. The van der Waals surface area contributed by atoms with Crippen molar-refractivity contribution in [3.63, 3.8) is 0 Å². The fraction of sp³-hybridized carbons (Fsp3) is 0.438. The molecule has 0 aliphatic carbocycles. The molecule has 0 saturated carbocycles. The average Bonchev–Trinajstić information content (AvgIpc) is 2.65. The van der Waals surface area contributed by atoms with Crippen molar-refractivity contribution in [2.24, 2.45) is 0 Å². The molecule has 1 aromatic carbocycles. The van der Waals surface area contributed by atoms with Crippen molar-refractivity contribution in [2.45, 2.75) is 6.23 Å². The normalized spacial score (nSPS) is 17.6. The molecule has 11 heteroatoms. The SMILES string of the molecule is COn1c(C(=O)N(CS(C)(=O)=O)C2COCCO2)nc2ccccc2c1=O. The summed E-state index contributed by atoms with van der Waals surface area (Å²) >= 11 is 0. The Morgan fingerprint density at radius 1 is 1.37 bits per heavy atom. The number of nitrogens with zero attached hydrogens (tertiary/aromatic N) is 3. The van der Waals surface area contributed by atoms with Crippen LogP contribution in [0, 0.1) is 0 Å². The van der Waals surface area contributed by atoms with E-state index < -0.39 is 33.4 Å². The Morgan fingerprint density at radius 2 is 2.11 bits per heavy atom. The third kappa shape index (κ3) is 4.10. The highest BCUT2D eigenvalue weighted by Crippen LogP contribution is 2.14. The van der Waals surface area contributed by atoms with Crippen molar-refractivity contribution in [3.8, 4) is 0 Å². The fourth-order valence-electron chi connectivity index (χ4n) is 2.73.